The molecule has 1 rings (SSSR count). The minimum absolute atomic E-state index is 0.658. The van der Waals surface area contributed by atoms with E-state index in [1.54, 1.807) is 11.3 Å². The van der Waals surface area contributed by atoms with Crippen LogP contribution in [0.25, 0.3) is 0 Å². The van der Waals surface area contributed by atoms with Crippen LogP contribution in [0.15, 0.2) is 0 Å². The van der Waals surface area contributed by atoms with Gasteiger partial charge in [0.2, 0.25) is 0 Å². The van der Waals surface area contributed by atoms with Crippen LogP contribution in [0.3, 0.4) is 0 Å². The average molecular weight is 212 g/mol. The molecule has 0 fully saturated rings. The van der Waals surface area contributed by atoms with Crippen molar-refractivity contribution in [3.63, 3.8) is 0 Å². The van der Waals surface area contributed by atoms with E-state index in [1.165, 1.54) is 37.1 Å². The van der Waals surface area contributed by atoms with Gasteiger partial charge in [-0.25, -0.2) is 0 Å². The first-order chi connectivity index (χ1) is 6.77. The van der Waals surface area contributed by atoms with Crippen molar-refractivity contribution in [2.75, 3.05) is 0 Å². The lowest BCUT2D eigenvalue weighted by Crippen LogP contribution is -1.98. The molecule has 80 valence electrons. The summed E-state index contributed by atoms with van der Waals surface area (Å²) in [5.74, 6) is 0.658. The Labute approximate surface area is 90.8 Å². The van der Waals surface area contributed by atoms with E-state index in [4.69, 9.17) is 0 Å². The molecule has 0 radical (unpaired) electrons. The molecule has 0 saturated carbocycles. The second kappa shape index (κ2) is 6.12. The predicted octanol–water partition coefficient (Wildman–Crippen LogP) is 3.92. The molecule has 0 N–H and O–H groups in total. The average Bonchev–Trinajstić information content (AvgIpc) is 2.59. The maximum Gasteiger partial charge on any atom is 0.120 e. The van der Waals surface area contributed by atoms with Crippen molar-refractivity contribution in [3.05, 3.63) is 10.0 Å². The van der Waals surface area contributed by atoms with Crippen molar-refractivity contribution in [3.8, 4) is 0 Å². The molecule has 1 heterocycles. The molecule has 0 aliphatic heterocycles. The van der Waals surface area contributed by atoms with Crippen molar-refractivity contribution < 1.29 is 0 Å². The molecule has 0 aromatic carbocycles. The molecule has 1 aromatic rings. The van der Waals surface area contributed by atoms with E-state index in [-0.39, 0.29) is 0 Å². The van der Waals surface area contributed by atoms with Crippen LogP contribution in [-0.4, -0.2) is 10.2 Å². The monoisotopic (exact) mass is 212 g/mol. The maximum atomic E-state index is 4.26. The summed E-state index contributed by atoms with van der Waals surface area (Å²) >= 11 is 1.76. The third kappa shape index (κ3) is 3.37. The first-order valence-corrected chi connectivity index (χ1v) is 6.39. The Morgan fingerprint density at radius 1 is 1.14 bits per heavy atom. The summed E-state index contributed by atoms with van der Waals surface area (Å²) in [5, 5.41) is 10.7. The van der Waals surface area contributed by atoms with Gasteiger partial charge in [0.1, 0.15) is 10.0 Å². The van der Waals surface area contributed by atoms with Crippen LogP contribution in [0.2, 0.25) is 0 Å². The molecule has 0 bridgehead atoms. The summed E-state index contributed by atoms with van der Waals surface area (Å²) in [4.78, 5) is 0. The van der Waals surface area contributed by atoms with Crippen LogP contribution in [0.1, 0.15) is 61.9 Å². The zero-order chi connectivity index (χ0) is 10.4. The highest BCUT2D eigenvalue weighted by atomic mass is 32.1. The number of unbranched alkanes of at least 4 members (excludes halogenated alkanes) is 1. The molecule has 1 unspecified atom stereocenters. The molecule has 0 saturated heterocycles. The second-order valence-corrected chi connectivity index (χ2v) is 5.00. The predicted molar refractivity (Wildman–Crippen MR) is 61.8 cm³/mol. The molecular weight excluding hydrogens is 192 g/mol. The van der Waals surface area contributed by atoms with Crippen LogP contribution >= 0.6 is 11.3 Å². The van der Waals surface area contributed by atoms with Crippen LogP contribution < -0.4 is 0 Å². The van der Waals surface area contributed by atoms with Crippen molar-refractivity contribution >= 4 is 11.3 Å². The lowest BCUT2D eigenvalue weighted by molar-refractivity contribution is 0.535. The van der Waals surface area contributed by atoms with E-state index >= 15 is 0 Å². The minimum atomic E-state index is 0.658. The molecule has 0 aliphatic carbocycles. The van der Waals surface area contributed by atoms with Crippen LogP contribution in [-0.2, 0) is 0 Å². The maximum absolute atomic E-state index is 4.26. The Morgan fingerprint density at radius 2 is 1.93 bits per heavy atom. The van der Waals surface area contributed by atoms with Gasteiger partial charge in [0.15, 0.2) is 0 Å². The van der Waals surface area contributed by atoms with Gasteiger partial charge in [-0.15, -0.1) is 21.5 Å². The first-order valence-electron chi connectivity index (χ1n) is 5.57. The van der Waals surface area contributed by atoms with Crippen molar-refractivity contribution in [2.24, 2.45) is 0 Å². The summed E-state index contributed by atoms with van der Waals surface area (Å²) in [5.41, 5.74) is 0. The third-order valence-corrected chi connectivity index (χ3v) is 3.44. The van der Waals surface area contributed by atoms with E-state index < -0.39 is 0 Å². The van der Waals surface area contributed by atoms with Gasteiger partial charge in [0.05, 0.1) is 0 Å². The Balaban J connectivity index is 2.57. The molecule has 2 nitrogen and oxygen atoms in total. The van der Waals surface area contributed by atoms with E-state index in [0.29, 0.717) is 5.92 Å². The second-order valence-electron chi connectivity index (χ2n) is 3.79. The number of hydrogen-bond donors (Lipinski definition) is 0. The van der Waals surface area contributed by atoms with Crippen LogP contribution in [0.5, 0.6) is 0 Å². The molecule has 0 aliphatic rings. The lowest BCUT2D eigenvalue weighted by Gasteiger charge is -2.11. The highest BCUT2D eigenvalue weighted by Gasteiger charge is 2.14. The molecule has 0 amide bonds. The van der Waals surface area contributed by atoms with Gasteiger partial charge in [-0.1, -0.05) is 33.1 Å². The number of rotatable bonds is 6. The van der Waals surface area contributed by atoms with Gasteiger partial charge in [-0.2, -0.15) is 0 Å². The quantitative estimate of drug-likeness (QED) is 0.714. The SMILES string of the molecule is CCCCC(CCC)c1nnc(C)s1. The summed E-state index contributed by atoms with van der Waals surface area (Å²) in [6, 6.07) is 0. The van der Waals surface area contributed by atoms with Crippen molar-refractivity contribution in [1.29, 1.82) is 0 Å². The van der Waals surface area contributed by atoms with Gasteiger partial charge in [-0.3, -0.25) is 0 Å². The van der Waals surface area contributed by atoms with Crippen LogP contribution in [0, 0.1) is 6.92 Å². The summed E-state index contributed by atoms with van der Waals surface area (Å²) in [7, 11) is 0. The normalized spacial score (nSPS) is 13.1. The molecule has 1 aromatic heterocycles. The Kier molecular flexibility index (Phi) is 5.09. The Morgan fingerprint density at radius 3 is 2.43 bits per heavy atom. The third-order valence-electron chi connectivity index (χ3n) is 2.43. The number of aryl methyl sites for hydroxylation is 1. The summed E-state index contributed by atoms with van der Waals surface area (Å²) in [6.45, 7) is 6.52. The lowest BCUT2D eigenvalue weighted by atomic mass is 9.98. The Hall–Kier alpha value is -0.440. The van der Waals surface area contributed by atoms with E-state index in [1.807, 2.05) is 6.92 Å². The van der Waals surface area contributed by atoms with E-state index in [0.717, 1.165) is 5.01 Å². The standard InChI is InChI=1S/C11H20N2S/c1-4-6-8-10(7-5-2)11-13-12-9(3)14-11/h10H,4-8H2,1-3H3. The highest BCUT2D eigenvalue weighted by molar-refractivity contribution is 7.11. The van der Waals surface area contributed by atoms with Gasteiger partial charge in [0, 0.05) is 5.92 Å². The van der Waals surface area contributed by atoms with E-state index in [9.17, 15) is 0 Å². The molecule has 0 spiro atoms. The molecule has 1 atom stereocenters. The topological polar surface area (TPSA) is 25.8 Å². The number of aromatic nitrogens is 2. The highest BCUT2D eigenvalue weighted by Crippen LogP contribution is 2.28. The van der Waals surface area contributed by atoms with Crippen molar-refractivity contribution in [1.82, 2.24) is 10.2 Å². The fourth-order valence-corrected chi connectivity index (χ4v) is 2.54. The molecule has 14 heavy (non-hydrogen) atoms. The van der Waals surface area contributed by atoms with Gasteiger partial charge >= 0.3 is 0 Å². The van der Waals surface area contributed by atoms with E-state index in [2.05, 4.69) is 24.0 Å². The van der Waals surface area contributed by atoms with Crippen LogP contribution in [0.4, 0.5) is 0 Å². The fourth-order valence-electron chi connectivity index (χ4n) is 1.67. The minimum Gasteiger partial charge on any atom is -0.144 e. The number of nitrogens with zero attached hydrogens (tertiary/aromatic N) is 2. The first kappa shape index (κ1) is 11.6. The Bertz CT molecular complexity index is 258. The van der Waals surface area contributed by atoms with Gasteiger partial charge < -0.3 is 0 Å². The fraction of sp³-hybridized carbons (Fsp3) is 0.818. The number of hydrogen-bond acceptors (Lipinski definition) is 3. The summed E-state index contributed by atoms with van der Waals surface area (Å²) < 4.78 is 0. The molecule has 3 heteroatoms. The smallest absolute Gasteiger partial charge is 0.120 e. The van der Waals surface area contributed by atoms with Crippen molar-refractivity contribution in [2.45, 2.75) is 58.8 Å². The largest absolute Gasteiger partial charge is 0.144 e. The van der Waals surface area contributed by atoms with Gasteiger partial charge in [-0.05, 0) is 19.8 Å². The zero-order valence-corrected chi connectivity index (χ0v) is 10.2. The molecular formula is C11H20N2S. The summed E-state index contributed by atoms with van der Waals surface area (Å²) in [6.07, 6.45) is 6.36. The zero-order valence-electron chi connectivity index (χ0n) is 9.42. The van der Waals surface area contributed by atoms with Gasteiger partial charge in [0.25, 0.3) is 0 Å².